The van der Waals surface area contributed by atoms with Gasteiger partial charge in [0.05, 0.1) is 18.1 Å². The van der Waals surface area contributed by atoms with Crippen LogP contribution in [0.3, 0.4) is 0 Å². The molecule has 0 aromatic heterocycles. The number of halogens is 3. The minimum absolute atomic E-state index is 0.0278. The number of esters is 1. The van der Waals surface area contributed by atoms with Crippen LogP contribution in [0.4, 0.5) is 4.39 Å². The SMILES string of the molecule is CCOC(=O)C1=C(C)OC(N)=C(C#N)C1c1ccc(-c2cc(Cl)cc(Cl)c2)cc1F. The maximum Gasteiger partial charge on any atom is 0.338 e. The number of allylic oxidation sites excluding steroid dienone is 2. The van der Waals surface area contributed by atoms with Crippen molar-refractivity contribution in [3.63, 3.8) is 0 Å². The summed E-state index contributed by atoms with van der Waals surface area (Å²) in [6.45, 7) is 3.27. The summed E-state index contributed by atoms with van der Waals surface area (Å²) in [5, 5.41) is 10.4. The fourth-order valence-electron chi connectivity index (χ4n) is 3.33. The average Bonchev–Trinajstić information content (AvgIpc) is 2.66. The Morgan fingerprint density at radius 1 is 1.23 bits per heavy atom. The number of rotatable bonds is 4. The molecule has 8 heteroatoms. The third-order valence-corrected chi connectivity index (χ3v) is 5.04. The summed E-state index contributed by atoms with van der Waals surface area (Å²) in [6.07, 6.45) is 0. The van der Waals surface area contributed by atoms with Crippen molar-refractivity contribution in [2.75, 3.05) is 6.61 Å². The quantitative estimate of drug-likeness (QED) is 0.631. The normalized spacial score (nSPS) is 16.2. The molecule has 1 atom stereocenters. The first-order valence-electron chi connectivity index (χ1n) is 8.98. The number of hydrogen-bond donors (Lipinski definition) is 1. The third-order valence-electron chi connectivity index (χ3n) is 4.61. The Kier molecular flexibility index (Phi) is 6.35. The summed E-state index contributed by atoms with van der Waals surface area (Å²) in [7, 11) is 0. The van der Waals surface area contributed by atoms with Crippen LogP contribution in [-0.2, 0) is 14.3 Å². The van der Waals surface area contributed by atoms with Crippen LogP contribution < -0.4 is 5.73 Å². The van der Waals surface area contributed by atoms with E-state index in [1.54, 1.807) is 31.2 Å². The van der Waals surface area contributed by atoms with Gasteiger partial charge in [0.25, 0.3) is 0 Å². The number of nitrogens with zero attached hydrogens (tertiary/aromatic N) is 1. The first-order chi connectivity index (χ1) is 14.3. The number of benzene rings is 2. The van der Waals surface area contributed by atoms with E-state index in [4.69, 9.17) is 38.4 Å². The van der Waals surface area contributed by atoms with Crippen molar-refractivity contribution in [2.24, 2.45) is 5.73 Å². The molecule has 0 saturated heterocycles. The molecule has 2 aromatic carbocycles. The van der Waals surface area contributed by atoms with Crippen molar-refractivity contribution in [3.05, 3.63) is 80.6 Å². The topological polar surface area (TPSA) is 85.3 Å². The summed E-state index contributed by atoms with van der Waals surface area (Å²) in [5.41, 5.74) is 7.05. The number of nitrogens with two attached hydrogens (primary N) is 1. The van der Waals surface area contributed by atoms with Crippen LogP contribution >= 0.6 is 23.2 Å². The van der Waals surface area contributed by atoms with Gasteiger partial charge in [-0.05, 0) is 49.2 Å². The van der Waals surface area contributed by atoms with Crippen molar-refractivity contribution < 1.29 is 18.7 Å². The zero-order valence-corrected chi connectivity index (χ0v) is 17.6. The van der Waals surface area contributed by atoms with E-state index in [1.807, 2.05) is 6.07 Å². The van der Waals surface area contributed by atoms with Crippen LogP contribution in [0.5, 0.6) is 0 Å². The Bertz CT molecular complexity index is 1120. The predicted octanol–water partition coefficient (Wildman–Crippen LogP) is 5.44. The van der Waals surface area contributed by atoms with Crippen molar-refractivity contribution in [1.82, 2.24) is 0 Å². The molecular formula is C22H17Cl2FN2O3. The summed E-state index contributed by atoms with van der Waals surface area (Å²) < 4.78 is 25.7. The number of ether oxygens (including phenoxy) is 2. The van der Waals surface area contributed by atoms with E-state index in [9.17, 15) is 10.1 Å². The van der Waals surface area contributed by atoms with Crippen molar-refractivity contribution in [3.8, 4) is 17.2 Å². The molecule has 3 rings (SSSR count). The van der Waals surface area contributed by atoms with E-state index in [0.29, 0.717) is 21.2 Å². The monoisotopic (exact) mass is 446 g/mol. The van der Waals surface area contributed by atoms with Crippen LogP contribution in [-0.4, -0.2) is 12.6 Å². The molecule has 0 aliphatic carbocycles. The minimum atomic E-state index is -1.06. The van der Waals surface area contributed by atoms with Gasteiger partial charge in [0.1, 0.15) is 23.2 Å². The lowest BCUT2D eigenvalue weighted by molar-refractivity contribution is -0.139. The van der Waals surface area contributed by atoms with Gasteiger partial charge in [-0.3, -0.25) is 0 Å². The van der Waals surface area contributed by atoms with E-state index in [0.717, 1.165) is 0 Å². The Balaban J connectivity index is 2.14. The highest BCUT2D eigenvalue weighted by molar-refractivity contribution is 6.35. The molecule has 5 nitrogen and oxygen atoms in total. The smallest absolute Gasteiger partial charge is 0.338 e. The fraction of sp³-hybridized carbons (Fsp3) is 0.182. The van der Waals surface area contributed by atoms with Gasteiger partial charge in [0.15, 0.2) is 0 Å². The lowest BCUT2D eigenvalue weighted by Gasteiger charge is -2.27. The number of hydrogen-bond acceptors (Lipinski definition) is 5. The highest BCUT2D eigenvalue weighted by atomic mass is 35.5. The van der Waals surface area contributed by atoms with E-state index in [1.165, 1.54) is 19.1 Å². The van der Waals surface area contributed by atoms with Crippen LogP contribution in [0.1, 0.15) is 25.3 Å². The summed E-state index contributed by atoms with van der Waals surface area (Å²) >= 11 is 12.1. The zero-order valence-electron chi connectivity index (χ0n) is 16.1. The van der Waals surface area contributed by atoms with E-state index >= 15 is 4.39 Å². The molecule has 1 aliphatic rings. The highest BCUT2D eigenvalue weighted by Crippen LogP contribution is 2.41. The Labute approximate surface area is 183 Å². The van der Waals surface area contributed by atoms with Gasteiger partial charge >= 0.3 is 5.97 Å². The zero-order chi connectivity index (χ0) is 22.0. The van der Waals surface area contributed by atoms with E-state index in [-0.39, 0.29) is 35.0 Å². The van der Waals surface area contributed by atoms with Crippen LogP contribution in [0.2, 0.25) is 10.0 Å². The summed E-state index contributed by atoms with van der Waals surface area (Å²) in [6, 6.07) is 11.2. The van der Waals surface area contributed by atoms with Crippen molar-refractivity contribution in [1.29, 1.82) is 5.26 Å². The first-order valence-corrected chi connectivity index (χ1v) is 9.73. The molecule has 0 bridgehead atoms. The number of nitriles is 1. The van der Waals surface area contributed by atoms with E-state index < -0.39 is 17.7 Å². The number of carbonyl (C=O) groups is 1. The lowest BCUT2D eigenvalue weighted by Crippen LogP contribution is -2.26. The minimum Gasteiger partial charge on any atom is -0.463 e. The van der Waals surface area contributed by atoms with Gasteiger partial charge in [-0.15, -0.1) is 0 Å². The fourth-order valence-corrected chi connectivity index (χ4v) is 3.85. The van der Waals surface area contributed by atoms with Gasteiger partial charge in [0.2, 0.25) is 5.88 Å². The standard InChI is InChI=1S/C22H17Cl2FN2O3/c1-3-29-22(28)19-11(2)30-21(27)17(10-26)20(19)16-5-4-12(8-18(16)25)13-6-14(23)9-15(24)7-13/h4-9,20H,3,27H2,1-2H3. The predicted molar refractivity (Wildman–Crippen MR) is 112 cm³/mol. The molecule has 0 amide bonds. The molecular weight excluding hydrogens is 430 g/mol. The summed E-state index contributed by atoms with van der Waals surface area (Å²) in [4.78, 5) is 12.6. The second kappa shape index (κ2) is 8.78. The second-order valence-corrected chi connectivity index (χ2v) is 7.38. The largest absolute Gasteiger partial charge is 0.463 e. The van der Waals surface area contributed by atoms with Gasteiger partial charge in [0, 0.05) is 15.6 Å². The van der Waals surface area contributed by atoms with Crippen LogP contribution in [0.25, 0.3) is 11.1 Å². The molecule has 0 spiro atoms. The molecule has 0 radical (unpaired) electrons. The van der Waals surface area contributed by atoms with Gasteiger partial charge in [-0.25, -0.2) is 9.18 Å². The highest BCUT2D eigenvalue weighted by Gasteiger charge is 2.37. The van der Waals surface area contributed by atoms with Crippen LogP contribution in [0.15, 0.2) is 59.2 Å². The van der Waals surface area contributed by atoms with Gasteiger partial charge in [-0.1, -0.05) is 35.3 Å². The number of carbonyl (C=O) groups excluding carboxylic acids is 1. The molecule has 30 heavy (non-hydrogen) atoms. The molecule has 154 valence electrons. The maximum absolute atomic E-state index is 15.3. The molecule has 0 fully saturated rings. The van der Waals surface area contributed by atoms with Crippen molar-refractivity contribution in [2.45, 2.75) is 19.8 Å². The van der Waals surface area contributed by atoms with Gasteiger partial charge < -0.3 is 15.2 Å². The molecule has 2 aromatic rings. The Hall–Kier alpha value is -3.01. The van der Waals surface area contributed by atoms with Crippen LogP contribution in [0, 0.1) is 17.1 Å². The molecule has 0 saturated carbocycles. The Morgan fingerprint density at radius 2 is 1.90 bits per heavy atom. The summed E-state index contributed by atoms with van der Waals surface area (Å²) in [5.74, 6) is -2.42. The van der Waals surface area contributed by atoms with E-state index in [2.05, 4.69) is 0 Å². The van der Waals surface area contributed by atoms with Crippen molar-refractivity contribution >= 4 is 29.2 Å². The maximum atomic E-state index is 15.3. The first kappa shape index (κ1) is 21.7. The average molecular weight is 447 g/mol. The molecule has 1 heterocycles. The third kappa shape index (κ3) is 4.13. The second-order valence-electron chi connectivity index (χ2n) is 6.51. The van der Waals surface area contributed by atoms with Gasteiger partial charge in [-0.2, -0.15) is 5.26 Å². The Morgan fingerprint density at radius 3 is 2.47 bits per heavy atom. The lowest BCUT2D eigenvalue weighted by atomic mass is 9.82. The molecule has 1 aliphatic heterocycles. The molecule has 1 unspecified atom stereocenters. The molecule has 2 N–H and O–H groups in total.